The Labute approximate surface area is 69.8 Å². The van der Waals surface area contributed by atoms with E-state index in [0.29, 0.717) is 0 Å². The third-order valence-electron chi connectivity index (χ3n) is 0.683. The average molecular weight is 154 g/mol. The van der Waals surface area contributed by atoms with Crippen LogP contribution in [0.2, 0.25) is 0 Å². The highest BCUT2D eigenvalue weighted by atomic mass is 14.8. The van der Waals surface area contributed by atoms with Crippen molar-refractivity contribution in [2.75, 3.05) is 7.05 Å². The molecule has 0 unspecified atom stereocenters. The first-order chi connectivity index (χ1) is 5.16. The second kappa shape index (κ2) is 9.08. The molecule has 0 bridgehead atoms. The lowest BCUT2D eigenvalue weighted by Gasteiger charge is -1.88. The van der Waals surface area contributed by atoms with Crippen LogP contribution in [0.25, 0.3) is 0 Å². The van der Waals surface area contributed by atoms with Crippen LogP contribution in [0.4, 0.5) is 0 Å². The molecular weight excluding hydrogens is 136 g/mol. The lowest BCUT2D eigenvalue weighted by Crippen LogP contribution is -1.91. The van der Waals surface area contributed by atoms with Gasteiger partial charge in [0.15, 0.2) is 0 Å². The SMILES string of the molecule is C=C(C)N=C(C)C=NC.CC. The van der Waals surface area contributed by atoms with E-state index in [1.165, 1.54) is 0 Å². The largest absolute Gasteiger partial charge is 0.295 e. The topological polar surface area (TPSA) is 24.7 Å². The summed E-state index contributed by atoms with van der Waals surface area (Å²) in [5, 5.41) is 0. The van der Waals surface area contributed by atoms with Gasteiger partial charge in [-0.2, -0.15) is 0 Å². The third-order valence-corrected chi connectivity index (χ3v) is 0.683. The highest BCUT2D eigenvalue weighted by Gasteiger charge is 1.80. The summed E-state index contributed by atoms with van der Waals surface area (Å²) in [6.45, 7) is 11.4. The molecule has 0 radical (unpaired) electrons. The van der Waals surface area contributed by atoms with E-state index in [9.17, 15) is 0 Å². The average Bonchev–Trinajstić information content (AvgIpc) is 1.91. The summed E-state index contributed by atoms with van der Waals surface area (Å²) in [5.41, 5.74) is 1.71. The molecule has 0 aromatic rings. The van der Waals surface area contributed by atoms with Crippen LogP contribution >= 0.6 is 0 Å². The highest BCUT2D eigenvalue weighted by Crippen LogP contribution is 1.87. The molecule has 11 heavy (non-hydrogen) atoms. The molecule has 0 saturated carbocycles. The molecule has 0 saturated heterocycles. The minimum atomic E-state index is 0.812. The molecule has 0 N–H and O–H groups in total. The first-order valence-electron chi connectivity index (χ1n) is 3.79. The fraction of sp³-hybridized carbons (Fsp3) is 0.556. The number of hydrogen-bond acceptors (Lipinski definition) is 2. The molecule has 0 rings (SSSR count). The molecule has 0 aromatic carbocycles. The number of hydrogen-bond donors (Lipinski definition) is 0. The van der Waals surface area contributed by atoms with Crippen LogP contribution in [-0.2, 0) is 0 Å². The quantitative estimate of drug-likeness (QED) is 0.546. The van der Waals surface area contributed by atoms with E-state index in [-0.39, 0.29) is 0 Å². The molecule has 0 aliphatic heterocycles. The fourth-order valence-electron chi connectivity index (χ4n) is 0.517. The first kappa shape index (κ1) is 12.7. The normalized spacial score (nSPS) is 10.8. The van der Waals surface area contributed by atoms with Crippen molar-refractivity contribution < 1.29 is 0 Å². The maximum absolute atomic E-state index is 4.04. The monoisotopic (exact) mass is 154 g/mol. The van der Waals surface area contributed by atoms with Gasteiger partial charge in [0.25, 0.3) is 0 Å². The first-order valence-corrected chi connectivity index (χ1v) is 3.79. The van der Waals surface area contributed by atoms with Gasteiger partial charge in [0, 0.05) is 19.0 Å². The zero-order chi connectivity index (χ0) is 9.28. The van der Waals surface area contributed by atoms with Crippen LogP contribution in [0.3, 0.4) is 0 Å². The summed E-state index contributed by atoms with van der Waals surface area (Å²) in [7, 11) is 1.72. The van der Waals surface area contributed by atoms with E-state index in [0.717, 1.165) is 11.4 Å². The van der Waals surface area contributed by atoms with Crippen molar-refractivity contribution in [1.29, 1.82) is 0 Å². The predicted molar refractivity (Wildman–Crippen MR) is 53.7 cm³/mol. The van der Waals surface area contributed by atoms with Gasteiger partial charge in [-0.15, -0.1) is 0 Å². The Morgan fingerprint density at radius 1 is 1.27 bits per heavy atom. The Bertz CT molecular complexity index is 155. The van der Waals surface area contributed by atoms with Crippen LogP contribution in [0.1, 0.15) is 27.7 Å². The number of aliphatic imine (C=N–C) groups is 2. The molecule has 0 aliphatic rings. The van der Waals surface area contributed by atoms with Gasteiger partial charge in [0.2, 0.25) is 0 Å². The van der Waals surface area contributed by atoms with Crippen molar-refractivity contribution >= 4 is 11.9 Å². The Balaban J connectivity index is 0. The van der Waals surface area contributed by atoms with Crippen molar-refractivity contribution in [1.82, 2.24) is 0 Å². The van der Waals surface area contributed by atoms with E-state index in [1.54, 1.807) is 13.3 Å². The molecule has 0 amide bonds. The molecule has 0 atom stereocenters. The number of nitrogens with zero attached hydrogens (tertiary/aromatic N) is 2. The molecule has 2 heteroatoms. The van der Waals surface area contributed by atoms with Crippen molar-refractivity contribution in [2.45, 2.75) is 27.7 Å². The zero-order valence-corrected chi connectivity index (χ0v) is 8.18. The smallest absolute Gasteiger partial charge is 0.0553 e. The van der Waals surface area contributed by atoms with Gasteiger partial charge < -0.3 is 0 Å². The number of rotatable bonds is 2. The van der Waals surface area contributed by atoms with Crippen molar-refractivity contribution in [3.05, 3.63) is 12.3 Å². The minimum Gasteiger partial charge on any atom is -0.295 e. The van der Waals surface area contributed by atoms with E-state index in [2.05, 4.69) is 16.6 Å². The van der Waals surface area contributed by atoms with Gasteiger partial charge in [0.05, 0.1) is 5.71 Å². The van der Waals surface area contributed by atoms with Gasteiger partial charge in [-0.25, -0.2) is 0 Å². The molecule has 0 aromatic heterocycles. The Kier molecular flexibility index (Phi) is 10.5. The van der Waals surface area contributed by atoms with Gasteiger partial charge in [-0.1, -0.05) is 20.4 Å². The summed E-state index contributed by atoms with van der Waals surface area (Å²) in [5.74, 6) is 0. The van der Waals surface area contributed by atoms with Gasteiger partial charge in [0.1, 0.15) is 0 Å². The van der Waals surface area contributed by atoms with Crippen LogP contribution in [0.5, 0.6) is 0 Å². The van der Waals surface area contributed by atoms with E-state index in [4.69, 9.17) is 0 Å². The lowest BCUT2D eigenvalue weighted by atomic mass is 10.4. The number of allylic oxidation sites excluding steroid dienone is 1. The summed E-state index contributed by atoms with van der Waals surface area (Å²) in [6, 6.07) is 0. The third kappa shape index (κ3) is 12.3. The maximum Gasteiger partial charge on any atom is 0.0553 e. The van der Waals surface area contributed by atoms with E-state index in [1.807, 2.05) is 27.7 Å². The van der Waals surface area contributed by atoms with Gasteiger partial charge in [-0.05, 0) is 13.8 Å². The maximum atomic E-state index is 4.04. The van der Waals surface area contributed by atoms with Gasteiger partial charge >= 0.3 is 0 Å². The van der Waals surface area contributed by atoms with Crippen LogP contribution in [-0.4, -0.2) is 19.0 Å². The minimum absolute atomic E-state index is 0.812. The standard InChI is InChI=1S/C7H12N2.C2H6/c1-6(2)9-7(3)5-8-4;1-2/h5H,1H2,2-4H3;1-2H3. The molecule has 0 aliphatic carbocycles. The van der Waals surface area contributed by atoms with Crippen LogP contribution < -0.4 is 0 Å². The molecule has 0 fully saturated rings. The van der Waals surface area contributed by atoms with Crippen molar-refractivity contribution in [3.8, 4) is 0 Å². The molecule has 64 valence electrons. The van der Waals surface area contributed by atoms with Crippen LogP contribution in [0.15, 0.2) is 22.3 Å². The Hall–Kier alpha value is -0.920. The van der Waals surface area contributed by atoms with Gasteiger partial charge in [-0.3, -0.25) is 9.98 Å². The van der Waals surface area contributed by atoms with Crippen molar-refractivity contribution in [2.24, 2.45) is 9.98 Å². The summed E-state index contributed by atoms with van der Waals surface area (Å²) >= 11 is 0. The molecule has 0 heterocycles. The fourth-order valence-corrected chi connectivity index (χ4v) is 0.517. The zero-order valence-electron chi connectivity index (χ0n) is 8.18. The summed E-state index contributed by atoms with van der Waals surface area (Å²) in [4.78, 5) is 7.83. The second-order valence-electron chi connectivity index (χ2n) is 1.88. The Morgan fingerprint density at radius 3 is 2.00 bits per heavy atom. The Morgan fingerprint density at radius 2 is 1.73 bits per heavy atom. The van der Waals surface area contributed by atoms with E-state index < -0.39 is 0 Å². The second-order valence-corrected chi connectivity index (χ2v) is 1.88. The molecule has 2 nitrogen and oxygen atoms in total. The molecular formula is C9H18N2. The van der Waals surface area contributed by atoms with Crippen molar-refractivity contribution in [3.63, 3.8) is 0 Å². The van der Waals surface area contributed by atoms with E-state index >= 15 is 0 Å². The summed E-state index contributed by atoms with van der Waals surface area (Å²) in [6.07, 6.45) is 1.70. The summed E-state index contributed by atoms with van der Waals surface area (Å²) < 4.78 is 0. The predicted octanol–water partition coefficient (Wildman–Crippen LogP) is 2.71. The molecule has 0 spiro atoms. The highest BCUT2D eigenvalue weighted by molar-refractivity contribution is 6.29. The van der Waals surface area contributed by atoms with Crippen LogP contribution in [0, 0.1) is 0 Å². The lowest BCUT2D eigenvalue weighted by molar-refractivity contribution is 1.32.